The Balaban J connectivity index is 2.14. The zero-order valence-corrected chi connectivity index (χ0v) is 13.4. The number of carbonyl (C=O) groups excluding carboxylic acids is 2. The minimum Gasteiger partial charge on any atom is -0.452 e. The van der Waals surface area contributed by atoms with Gasteiger partial charge in [-0.15, -0.1) is 0 Å². The van der Waals surface area contributed by atoms with Crippen molar-refractivity contribution in [1.29, 1.82) is 0 Å². The number of benzene rings is 1. The molecule has 116 valence electrons. The Bertz CT molecular complexity index is 693. The quantitative estimate of drug-likeness (QED) is 0.471. The predicted molar refractivity (Wildman–Crippen MR) is 82.2 cm³/mol. The third-order valence-corrected chi connectivity index (χ3v) is 4.07. The van der Waals surface area contributed by atoms with Crippen molar-refractivity contribution in [2.24, 2.45) is 5.92 Å². The van der Waals surface area contributed by atoms with Crippen LogP contribution in [0.25, 0.3) is 0 Å². The van der Waals surface area contributed by atoms with Crippen molar-refractivity contribution >= 4 is 11.8 Å². The summed E-state index contributed by atoms with van der Waals surface area (Å²) >= 11 is 0. The summed E-state index contributed by atoms with van der Waals surface area (Å²) in [7, 11) is 0. The number of hydrogen-bond acceptors (Lipinski definition) is 4. The topological polar surface area (TPSA) is 52.6 Å². The van der Waals surface area contributed by atoms with E-state index in [0.717, 1.165) is 17.6 Å². The number of hydrogen-bond donors (Lipinski definition) is 0. The zero-order valence-electron chi connectivity index (χ0n) is 13.4. The third-order valence-electron chi connectivity index (χ3n) is 4.07. The number of Topliss-reactive ketones (excluding diaryl/α,β-unsaturated/α-hetero) is 1. The highest BCUT2D eigenvalue weighted by molar-refractivity contribution is 6.13. The van der Waals surface area contributed by atoms with Gasteiger partial charge in [0.15, 0.2) is 5.76 Å². The minimum absolute atomic E-state index is 0.0375. The molecule has 2 heterocycles. The highest BCUT2D eigenvalue weighted by atomic mass is 16.5. The van der Waals surface area contributed by atoms with E-state index in [9.17, 15) is 9.59 Å². The molecule has 0 aromatic heterocycles. The molecule has 4 heteroatoms. The van der Waals surface area contributed by atoms with E-state index in [1.165, 1.54) is 0 Å². The van der Waals surface area contributed by atoms with Gasteiger partial charge in [-0.05, 0) is 43.9 Å². The molecular formula is C18H20O4. The predicted octanol–water partition coefficient (Wildman–Crippen LogP) is 3.99. The second kappa shape index (κ2) is 5.27. The Morgan fingerprint density at radius 3 is 2.59 bits per heavy atom. The van der Waals surface area contributed by atoms with Crippen LogP contribution in [0.5, 0.6) is 11.5 Å². The molecular weight excluding hydrogens is 280 g/mol. The first-order valence-electron chi connectivity index (χ1n) is 7.66. The maximum absolute atomic E-state index is 12.4. The van der Waals surface area contributed by atoms with Gasteiger partial charge < -0.3 is 9.47 Å². The van der Waals surface area contributed by atoms with Crippen LogP contribution in [-0.2, 0) is 4.79 Å². The molecule has 22 heavy (non-hydrogen) atoms. The third kappa shape index (κ3) is 2.32. The van der Waals surface area contributed by atoms with Gasteiger partial charge in [0.1, 0.15) is 11.5 Å². The summed E-state index contributed by atoms with van der Waals surface area (Å²) in [6.45, 7) is 7.96. The van der Waals surface area contributed by atoms with Gasteiger partial charge in [0.2, 0.25) is 5.78 Å². The van der Waals surface area contributed by atoms with Gasteiger partial charge in [-0.25, -0.2) is 0 Å². The molecule has 1 aromatic rings. The van der Waals surface area contributed by atoms with Gasteiger partial charge in [0.05, 0.1) is 12.0 Å². The Labute approximate surface area is 130 Å². The molecule has 3 rings (SSSR count). The molecule has 1 atom stereocenters. The fourth-order valence-corrected chi connectivity index (χ4v) is 3.18. The normalized spacial score (nSPS) is 19.7. The number of allylic oxidation sites excluding steroid dienone is 2. The van der Waals surface area contributed by atoms with E-state index >= 15 is 0 Å². The van der Waals surface area contributed by atoms with E-state index in [2.05, 4.69) is 13.8 Å². The number of fused-ring (bicyclic) bond motifs is 3. The molecule has 0 fully saturated rings. The van der Waals surface area contributed by atoms with Gasteiger partial charge in [-0.2, -0.15) is 0 Å². The van der Waals surface area contributed by atoms with Crippen molar-refractivity contribution in [3.05, 3.63) is 34.6 Å². The van der Waals surface area contributed by atoms with Crippen molar-refractivity contribution in [2.75, 3.05) is 0 Å². The lowest BCUT2D eigenvalue weighted by atomic mass is 9.84. The fourth-order valence-electron chi connectivity index (χ4n) is 3.18. The lowest BCUT2D eigenvalue weighted by molar-refractivity contribution is -0.136. The van der Waals surface area contributed by atoms with Crippen LogP contribution in [0, 0.1) is 5.92 Å². The number of esters is 1. The first-order valence-corrected chi connectivity index (χ1v) is 7.66. The maximum atomic E-state index is 12.4. The summed E-state index contributed by atoms with van der Waals surface area (Å²) in [5.41, 5.74) is 2.29. The molecule has 0 spiro atoms. The molecule has 0 aliphatic carbocycles. The van der Waals surface area contributed by atoms with E-state index < -0.39 is 0 Å². The summed E-state index contributed by atoms with van der Waals surface area (Å²) in [6, 6.07) is 3.41. The van der Waals surface area contributed by atoms with E-state index in [-0.39, 0.29) is 17.7 Å². The van der Waals surface area contributed by atoms with E-state index in [4.69, 9.17) is 9.47 Å². The monoisotopic (exact) mass is 300 g/mol. The second-order valence-electron chi connectivity index (χ2n) is 6.62. The highest BCUT2D eigenvalue weighted by Crippen LogP contribution is 2.48. The first-order chi connectivity index (χ1) is 10.4. The molecule has 0 amide bonds. The van der Waals surface area contributed by atoms with Gasteiger partial charge >= 0.3 is 5.97 Å². The molecule has 1 aromatic carbocycles. The largest absolute Gasteiger partial charge is 0.452 e. The molecule has 0 bridgehead atoms. The minimum atomic E-state index is -0.218. The van der Waals surface area contributed by atoms with Crippen LogP contribution in [-0.4, -0.2) is 11.8 Å². The van der Waals surface area contributed by atoms with Gasteiger partial charge in [0, 0.05) is 11.5 Å². The van der Waals surface area contributed by atoms with Crippen molar-refractivity contribution in [3.8, 4) is 11.5 Å². The Kier molecular flexibility index (Phi) is 3.55. The number of rotatable bonds is 2. The first kappa shape index (κ1) is 14.8. The van der Waals surface area contributed by atoms with Gasteiger partial charge in [-0.1, -0.05) is 13.8 Å². The smallest absolute Gasteiger partial charge is 0.311 e. The Morgan fingerprint density at radius 1 is 1.23 bits per heavy atom. The average molecular weight is 300 g/mol. The lowest BCUT2D eigenvalue weighted by Gasteiger charge is -2.27. The molecule has 4 nitrogen and oxygen atoms in total. The van der Waals surface area contributed by atoms with Crippen molar-refractivity contribution in [1.82, 2.24) is 0 Å². The SMILES string of the molecule is CC(C)=C1Oc2c(ccc3c2[C@@H](CC(C)C)CC(=O)O3)C1=O. The molecule has 0 saturated carbocycles. The van der Waals surface area contributed by atoms with Gasteiger partial charge in [-0.3, -0.25) is 9.59 Å². The summed E-state index contributed by atoms with van der Waals surface area (Å²) < 4.78 is 11.2. The van der Waals surface area contributed by atoms with Crippen LogP contribution in [0.3, 0.4) is 0 Å². The van der Waals surface area contributed by atoms with E-state index in [0.29, 0.717) is 35.2 Å². The molecule has 2 aliphatic heterocycles. The van der Waals surface area contributed by atoms with Crippen LogP contribution in [0.15, 0.2) is 23.5 Å². The fraction of sp³-hybridized carbons (Fsp3) is 0.444. The Hall–Kier alpha value is -2.10. The summed E-state index contributed by atoms with van der Waals surface area (Å²) in [4.78, 5) is 24.2. The number of ketones is 1. The molecule has 0 unspecified atom stereocenters. The highest BCUT2D eigenvalue weighted by Gasteiger charge is 2.38. The molecule has 0 saturated heterocycles. The lowest BCUT2D eigenvalue weighted by Crippen LogP contribution is -2.21. The van der Waals surface area contributed by atoms with Crippen LogP contribution in [0.4, 0.5) is 0 Å². The van der Waals surface area contributed by atoms with Crippen LogP contribution < -0.4 is 9.47 Å². The van der Waals surface area contributed by atoms with Crippen molar-refractivity contribution < 1.29 is 19.1 Å². The van der Waals surface area contributed by atoms with Crippen LogP contribution in [0.2, 0.25) is 0 Å². The average Bonchev–Trinajstić information content (AvgIpc) is 2.75. The van der Waals surface area contributed by atoms with E-state index in [1.807, 2.05) is 13.8 Å². The van der Waals surface area contributed by atoms with Crippen molar-refractivity contribution in [3.63, 3.8) is 0 Å². The molecule has 0 radical (unpaired) electrons. The van der Waals surface area contributed by atoms with Gasteiger partial charge in [0.25, 0.3) is 0 Å². The summed E-state index contributed by atoms with van der Waals surface area (Å²) in [5, 5.41) is 0. The van der Waals surface area contributed by atoms with E-state index in [1.54, 1.807) is 12.1 Å². The summed E-state index contributed by atoms with van der Waals surface area (Å²) in [5.74, 6) is 1.68. The number of carbonyl (C=O) groups is 2. The van der Waals surface area contributed by atoms with Crippen molar-refractivity contribution in [2.45, 2.75) is 46.5 Å². The number of ether oxygens (including phenoxy) is 2. The molecule has 0 N–H and O–H groups in total. The molecule has 2 aliphatic rings. The Morgan fingerprint density at radius 2 is 1.95 bits per heavy atom. The summed E-state index contributed by atoms with van der Waals surface area (Å²) in [6.07, 6.45) is 1.20. The zero-order chi connectivity index (χ0) is 16.0. The van der Waals surface area contributed by atoms with Crippen LogP contribution in [0.1, 0.15) is 62.4 Å². The second-order valence-corrected chi connectivity index (χ2v) is 6.62. The van der Waals surface area contributed by atoms with Crippen LogP contribution >= 0.6 is 0 Å². The maximum Gasteiger partial charge on any atom is 0.311 e. The standard InChI is InChI=1S/C18H20O4/c1-9(2)7-11-8-14(19)21-13-6-5-12-16(20)17(10(3)4)22-18(12)15(11)13/h5-6,9,11H,7-8H2,1-4H3/t11-/m0/s1.